The molecule has 1 aromatic rings. The summed E-state index contributed by atoms with van der Waals surface area (Å²) in [5, 5.41) is 3.70. The molecule has 1 N–H and O–H groups in total. The van der Waals surface area contributed by atoms with E-state index >= 15 is 0 Å². The number of nitrogens with one attached hydrogen (secondary N) is 1. The van der Waals surface area contributed by atoms with Crippen LogP contribution in [0.3, 0.4) is 0 Å². The third-order valence-electron chi connectivity index (χ3n) is 4.03. The standard InChI is InChI=1S/C19H33N/c1-3-5-6-7-8-9-10-14-17-20-19(4-2)18-15-12-11-13-16-18/h11-13,15-16,19-20H,3-10,14,17H2,1-2H3. The first-order chi connectivity index (χ1) is 9.88. The summed E-state index contributed by atoms with van der Waals surface area (Å²) in [4.78, 5) is 0. The van der Waals surface area contributed by atoms with Crippen molar-refractivity contribution >= 4 is 0 Å². The van der Waals surface area contributed by atoms with Gasteiger partial charge in [-0.05, 0) is 24.9 Å². The number of unbranched alkanes of at least 4 members (excludes halogenated alkanes) is 7. The lowest BCUT2D eigenvalue weighted by Gasteiger charge is -2.17. The van der Waals surface area contributed by atoms with Gasteiger partial charge in [0.1, 0.15) is 0 Å². The van der Waals surface area contributed by atoms with Gasteiger partial charge >= 0.3 is 0 Å². The zero-order chi connectivity index (χ0) is 14.5. The molecule has 0 aliphatic rings. The minimum Gasteiger partial charge on any atom is -0.310 e. The van der Waals surface area contributed by atoms with Crippen molar-refractivity contribution in [1.82, 2.24) is 5.32 Å². The molecule has 114 valence electrons. The van der Waals surface area contributed by atoms with Crippen LogP contribution in [0.15, 0.2) is 30.3 Å². The highest BCUT2D eigenvalue weighted by atomic mass is 14.9. The average molecular weight is 275 g/mol. The van der Waals surface area contributed by atoms with Crippen molar-refractivity contribution < 1.29 is 0 Å². The van der Waals surface area contributed by atoms with Gasteiger partial charge < -0.3 is 5.32 Å². The van der Waals surface area contributed by atoms with Crippen LogP contribution in [0.25, 0.3) is 0 Å². The van der Waals surface area contributed by atoms with Crippen molar-refractivity contribution in [3.05, 3.63) is 35.9 Å². The summed E-state index contributed by atoms with van der Waals surface area (Å²) in [7, 11) is 0. The normalized spacial score (nSPS) is 12.5. The van der Waals surface area contributed by atoms with Crippen molar-refractivity contribution in [1.29, 1.82) is 0 Å². The van der Waals surface area contributed by atoms with E-state index in [1.54, 1.807) is 0 Å². The summed E-state index contributed by atoms with van der Waals surface area (Å²) in [5.41, 5.74) is 1.43. The van der Waals surface area contributed by atoms with Gasteiger partial charge in [-0.3, -0.25) is 0 Å². The summed E-state index contributed by atoms with van der Waals surface area (Å²) in [6.07, 6.45) is 12.3. The third-order valence-corrected chi connectivity index (χ3v) is 4.03. The van der Waals surface area contributed by atoms with E-state index in [0.29, 0.717) is 6.04 Å². The van der Waals surface area contributed by atoms with Crippen molar-refractivity contribution in [3.63, 3.8) is 0 Å². The summed E-state index contributed by atoms with van der Waals surface area (Å²) >= 11 is 0. The van der Waals surface area contributed by atoms with Crippen LogP contribution in [0.2, 0.25) is 0 Å². The fourth-order valence-corrected chi connectivity index (χ4v) is 2.72. The minimum absolute atomic E-state index is 0.528. The molecule has 1 aromatic carbocycles. The Hall–Kier alpha value is -0.820. The van der Waals surface area contributed by atoms with Crippen molar-refractivity contribution in [2.45, 2.75) is 77.7 Å². The highest BCUT2D eigenvalue weighted by molar-refractivity contribution is 5.18. The van der Waals surface area contributed by atoms with Crippen LogP contribution in [0.1, 0.15) is 83.2 Å². The molecule has 0 aliphatic heterocycles. The molecule has 0 aromatic heterocycles. The Labute approximate surface area is 126 Å². The van der Waals surface area contributed by atoms with Crippen LogP contribution in [0, 0.1) is 0 Å². The van der Waals surface area contributed by atoms with E-state index in [4.69, 9.17) is 0 Å². The zero-order valence-electron chi connectivity index (χ0n) is 13.5. The summed E-state index contributed by atoms with van der Waals surface area (Å²) in [5.74, 6) is 0. The molecule has 1 atom stereocenters. The Kier molecular flexibility index (Phi) is 10.3. The molecule has 1 heteroatoms. The molecule has 0 spiro atoms. The molecule has 1 nitrogen and oxygen atoms in total. The molecule has 20 heavy (non-hydrogen) atoms. The van der Waals surface area contributed by atoms with E-state index in [1.165, 1.54) is 63.4 Å². The summed E-state index contributed by atoms with van der Waals surface area (Å²) in [6, 6.07) is 11.4. The molecule has 0 amide bonds. The maximum absolute atomic E-state index is 3.70. The second-order valence-electron chi connectivity index (χ2n) is 5.80. The maximum atomic E-state index is 3.70. The third kappa shape index (κ3) is 7.69. The fraction of sp³-hybridized carbons (Fsp3) is 0.684. The molecule has 0 heterocycles. The molecule has 0 saturated carbocycles. The monoisotopic (exact) mass is 275 g/mol. The second kappa shape index (κ2) is 12.0. The van der Waals surface area contributed by atoms with Gasteiger partial charge in [0.2, 0.25) is 0 Å². The highest BCUT2D eigenvalue weighted by Crippen LogP contribution is 2.16. The fourth-order valence-electron chi connectivity index (χ4n) is 2.72. The first-order valence-electron chi connectivity index (χ1n) is 8.66. The van der Waals surface area contributed by atoms with Crippen LogP contribution in [0.5, 0.6) is 0 Å². The Balaban J connectivity index is 2.02. The molecule has 1 unspecified atom stereocenters. The van der Waals surface area contributed by atoms with Gasteiger partial charge in [0.15, 0.2) is 0 Å². The number of hydrogen-bond donors (Lipinski definition) is 1. The van der Waals surface area contributed by atoms with E-state index in [2.05, 4.69) is 49.5 Å². The van der Waals surface area contributed by atoms with Gasteiger partial charge in [0, 0.05) is 6.04 Å². The minimum atomic E-state index is 0.528. The molecule has 0 fully saturated rings. The second-order valence-corrected chi connectivity index (χ2v) is 5.80. The lowest BCUT2D eigenvalue weighted by Crippen LogP contribution is -2.21. The topological polar surface area (TPSA) is 12.0 Å². The summed E-state index contributed by atoms with van der Waals surface area (Å²) in [6.45, 7) is 5.70. The van der Waals surface area contributed by atoms with Crippen molar-refractivity contribution in [2.75, 3.05) is 6.54 Å². The van der Waals surface area contributed by atoms with Crippen LogP contribution in [-0.2, 0) is 0 Å². The maximum Gasteiger partial charge on any atom is 0.0317 e. The zero-order valence-corrected chi connectivity index (χ0v) is 13.5. The Morgan fingerprint density at radius 2 is 1.40 bits per heavy atom. The molecular weight excluding hydrogens is 242 g/mol. The van der Waals surface area contributed by atoms with Crippen molar-refractivity contribution in [3.8, 4) is 0 Å². The Bertz CT molecular complexity index is 307. The number of benzene rings is 1. The smallest absolute Gasteiger partial charge is 0.0317 e. The molecule has 0 bridgehead atoms. The van der Waals surface area contributed by atoms with Gasteiger partial charge in [0.05, 0.1) is 0 Å². The molecule has 0 aliphatic carbocycles. The first-order valence-corrected chi connectivity index (χ1v) is 8.66. The predicted molar refractivity (Wildman–Crippen MR) is 90.1 cm³/mol. The highest BCUT2D eigenvalue weighted by Gasteiger charge is 2.06. The largest absolute Gasteiger partial charge is 0.310 e. The first kappa shape index (κ1) is 17.2. The van der Waals surface area contributed by atoms with E-state index in [9.17, 15) is 0 Å². The van der Waals surface area contributed by atoms with Gasteiger partial charge in [-0.2, -0.15) is 0 Å². The lowest BCUT2D eigenvalue weighted by atomic mass is 10.0. The molecule has 1 rings (SSSR count). The SMILES string of the molecule is CCCCCCCCCCNC(CC)c1ccccc1. The number of hydrogen-bond acceptors (Lipinski definition) is 1. The average Bonchev–Trinajstić information content (AvgIpc) is 2.50. The van der Waals surface area contributed by atoms with E-state index in [-0.39, 0.29) is 0 Å². The van der Waals surface area contributed by atoms with Crippen LogP contribution < -0.4 is 5.32 Å². The molecular formula is C19H33N. The van der Waals surface area contributed by atoms with Gasteiger partial charge in [0.25, 0.3) is 0 Å². The lowest BCUT2D eigenvalue weighted by molar-refractivity contribution is 0.491. The van der Waals surface area contributed by atoms with E-state index in [1.807, 2.05) is 0 Å². The van der Waals surface area contributed by atoms with Crippen molar-refractivity contribution in [2.24, 2.45) is 0 Å². The number of rotatable bonds is 12. The van der Waals surface area contributed by atoms with Crippen LogP contribution >= 0.6 is 0 Å². The Morgan fingerprint density at radius 1 is 0.800 bits per heavy atom. The van der Waals surface area contributed by atoms with Crippen LogP contribution in [-0.4, -0.2) is 6.54 Å². The molecule has 0 saturated heterocycles. The van der Waals surface area contributed by atoms with Gasteiger partial charge in [-0.15, -0.1) is 0 Å². The predicted octanol–water partition coefficient (Wildman–Crippen LogP) is 5.87. The van der Waals surface area contributed by atoms with Crippen LogP contribution in [0.4, 0.5) is 0 Å². The summed E-state index contributed by atoms with van der Waals surface area (Å²) < 4.78 is 0. The quantitative estimate of drug-likeness (QED) is 0.470. The Morgan fingerprint density at radius 3 is 2.00 bits per heavy atom. The van der Waals surface area contributed by atoms with Gasteiger partial charge in [-0.25, -0.2) is 0 Å². The molecule has 0 radical (unpaired) electrons. The van der Waals surface area contributed by atoms with E-state index in [0.717, 1.165) is 6.54 Å². The van der Waals surface area contributed by atoms with E-state index < -0.39 is 0 Å². The van der Waals surface area contributed by atoms with Gasteiger partial charge in [-0.1, -0.05) is 89.1 Å².